The van der Waals surface area contributed by atoms with Gasteiger partial charge in [0.05, 0.1) is 6.54 Å². The Morgan fingerprint density at radius 1 is 1.45 bits per heavy atom. The van der Waals surface area contributed by atoms with Crippen LogP contribution in [0.2, 0.25) is 0 Å². The fourth-order valence-corrected chi connectivity index (χ4v) is 0.328. The van der Waals surface area contributed by atoms with Gasteiger partial charge in [-0.1, -0.05) is 0 Å². The van der Waals surface area contributed by atoms with Crippen LogP contribution in [-0.4, -0.2) is 86.1 Å². The third kappa shape index (κ3) is 8.44. The van der Waals surface area contributed by atoms with Crippen LogP contribution in [-0.2, 0) is 9.59 Å². The van der Waals surface area contributed by atoms with E-state index in [2.05, 4.69) is 5.32 Å². The molecule has 6 heteroatoms. The molecule has 0 heterocycles. The minimum absolute atomic E-state index is 0. The maximum Gasteiger partial charge on any atom is 0.320 e. The molecule has 0 aromatic heterocycles. The predicted octanol–water partition coefficient (Wildman–Crippen LogP) is -1.25. The molecule has 0 aromatic carbocycles. The molecule has 0 amide bonds. The van der Waals surface area contributed by atoms with Gasteiger partial charge in [0.15, 0.2) is 0 Å². The molecule has 0 rings (SSSR count). The fourth-order valence-electron chi connectivity index (χ4n) is 0.328. The summed E-state index contributed by atoms with van der Waals surface area (Å²) < 4.78 is 0. The first kappa shape index (κ1) is 14.1. The molecule has 3 N–H and O–H groups in total. The summed E-state index contributed by atoms with van der Waals surface area (Å²) in [6.45, 7) is 1.05. The number of hydrogen-bond donors (Lipinski definition) is 3. The van der Waals surface area contributed by atoms with Gasteiger partial charge < -0.3 is 10.2 Å². The zero-order valence-corrected chi connectivity index (χ0v) is 9.62. The molecule has 0 spiro atoms. The van der Waals surface area contributed by atoms with Crippen LogP contribution in [0.1, 0.15) is 6.92 Å². The number of aliphatic carboxylic acids is 2. The van der Waals surface area contributed by atoms with E-state index in [9.17, 15) is 9.59 Å². The summed E-state index contributed by atoms with van der Waals surface area (Å²) in [4.78, 5) is 19.9. The summed E-state index contributed by atoms with van der Waals surface area (Å²) in [6.07, 6.45) is 0. The average Bonchev–Trinajstić information content (AvgIpc) is 1.82. The second-order valence-electron chi connectivity index (χ2n) is 1.83. The molecule has 1 unspecified atom stereocenters. The normalized spacial score (nSPS) is 11.4. The summed E-state index contributed by atoms with van der Waals surface area (Å²) in [6, 6.07) is -0.809. The summed E-state index contributed by atoms with van der Waals surface area (Å²) in [5.74, 6) is -2.12. The van der Waals surface area contributed by atoms with E-state index >= 15 is 0 Å². The van der Waals surface area contributed by atoms with E-state index in [1.807, 2.05) is 0 Å². The van der Waals surface area contributed by atoms with Crippen LogP contribution in [0.5, 0.6) is 0 Å². The van der Waals surface area contributed by atoms with Gasteiger partial charge in [0.2, 0.25) is 0 Å². The van der Waals surface area contributed by atoms with Gasteiger partial charge in [-0.05, 0) is 6.92 Å². The fraction of sp³-hybridized carbons (Fsp3) is 0.600. The second-order valence-corrected chi connectivity index (χ2v) is 1.83. The minimum atomic E-state index is -1.06. The predicted molar refractivity (Wildman–Crippen MR) is 38.5 cm³/mol. The van der Waals surface area contributed by atoms with E-state index in [1.54, 1.807) is 0 Å². The molecule has 0 fully saturated rings. The zero-order valence-electron chi connectivity index (χ0n) is 6.50. The average molecular weight is 186 g/mol. The third-order valence-corrected chi connectivity index (χ3v) is 0.930. The van der Waals surface area contributed by atoms with Gasteiger partial charge in [-0.3, -0.25) is 14.9 Å². The minimum Gasteiger partial charge on any atom is -0.480 e. The Hall–Kier alpha value is 0.536. The van der Waals surface area contributed by atoms with Gasteiger partial charge in [-0.25, -0.2) is 0 Å². The van der Waals surface area contributed by atoms with Crippen molar-refractivity contribution in [1.82, 2.24) is 5.32 Å². The van der Waals surface area contributed by atoms with Gasteiger partial charge in [-0.2, -0.15) is 0 Å². The van der Waals surface area contributed by atoms with Crippen molar-refractivity contribution in [2.24, 2.45) is 0 Å². The Labute approximate surface area is 107 Å². The standard InChI is InChI=1S/C5H9NO4.K/c1-3(5(9)10)6-2-4(7)8;/h3,6H,2H2,1H3,(H,7,8)(H,9,10);. The number of carboxylic acids is 2. The number of carbonyl (C=O) groups is 2. The largest absolute Gasteiger partial charge is 0.480 e. The summed E-state index contributed by atoms with van der Waals surface area (Å²) >= 11 is 0. The monoisotopic (exact) mass is 186 g/mol. The quantitative estimate of drug-likeness (QED) is 0.478. The maximum atomic E-state index is 10.1. The van der Waals surface area contributed by atoms with Crippen molar-refractivity contribution < 1.29 is 19.8 Å². The van der Waals surface area contributed by atoms with Crippen LogP contribution in [0, 0.1) is 0 Å². The molecule has 0 aliphatic heterocycles. The van der Waals surface area contributed by atoms with E-state index in [0.717, 1.165) is 0 Å². The number of carboxylic acid groups (broad SMARTS) is 2. The van der Waals surface area contributed by atoms with Crippen LogP contribution in [0.3, 0.4) is 0 Å². The number of rotatable bonds is 4. The summed E-state index contributed by atoms with van der Waals surface area (Å²) in [5, 5.41) is 18.6. The molecule has 0 saturated heterocycles. The van der Waals surface area contributed by atoms with Crippen LogP contribution < -0.4 is 5.32 Å². The van der Waals surface area contributed by atoms with Crippen molar-refractivity contribution in [2.75, 3.05) is 6.54 Å². The van der Waals surface area contributed by atoms with Crippen molar-refractivity contribution in [2.45, 2.75) is 13.0 Å². The van der Waals surface area contributed by atoms with Crippen LogP contribution in [0.4, 0.5) is 0 Å². The van der Waals surface area contributed by atoms with Crippen molar-refractivity contribution in [1.29, 1.82) is 0 Å². The van der Waals surface area contributed by atoms with Gasteiger partial charge in [0, 0.05) is 51.4 Å². The Bertz CT molecular complexity index is 149. The maximum absolute atomic E-state index is 10.1. The first-order valence-corrected chi connectivity index (χ1v) is 2.72. The Balaban J connectivity index is 0. The topological polar surface area (TPSA) is 86.6 Å². The Kier molecular flexibility index (Phi) is 9.22. The van der Waals surface area contributed by atoms with Gasteiger partial charge in [0.1, 0.15) is 6.04 Å². The van der Waals surface area contributed by atoms with E-state index < -0.39 is 18.0 Å². The van der Waals surface area contributed by atoms with Crippen molar-refractivity contribution in [3.63, 3.8) is 0 Å². The SMILES string of the molecule is CC(NCC(=O)O)C(=O)O.[K]. The van der Waals surface area contributed by atoms with Crippen LogP contribution in [0.25, 0.3) is 0 Å². The smallest absolute Gasteiger partial charge is 0.320 e. The van der Waals surface area contributed by atoms with Gasteiger partial charge >= 0.3 is 11.9 Å². The molecule has 0 aliphatic rings. The Morgan fingerprint density at radius 2 is 1.91 bits per heavy atom. The van der Waals surface area contributed by atoms with E-state index in [0.29, 0.717) is 0 Å². The summed E-state index contributed by atoms with van der Waals surface area (Å²) in [5.41, 5.74) is 0. The van der Waals surface area contributed by atoms with E-state index in [4.69, 9.17) is 10.2 Å². The Morgan fingerprint density at radius 3 is 2.18 bits per heavy atom. The molecule has 0 aromatic rings. The molecule has 5 nitrogen and oxygen atoms in total. The molecular formula is C5H9KNO4. The molecule has 1 radical (unpaired) electrons. The first-order valence-electron chi connectivity index (χ1n) is 2.72. The molecule has 0 bridgehead atoms. The van der Waals surface area contributed by atoms with Crippen molar-refractivity contribution in [3.8, 4) is 0 Å². The van der Waals surface area contributed by atoms with E-state index in [1.165, 1.54) is 6.92 Å². The third-order valence-electron chi connectivity index (χ3n) is 0.930. The zero-order chi connectivity index (χ0) is 8.15. The molecule has 59 valence electrons. The number of nitrogens with one attached hydrogen (secondary N) is 1. The molecule has 0 aliphatic carbocycles. The van der Waals surface area contributed by atoms with Crippen LogP contribution >= 0.6 is 0 Å². The van der Waals surface area contributed by atoms with Crippen molar-refractivity contribution >= 4 is 63.3 Å². The van der Waals surface area contributed by atoms with Gasteiger partial charge in [0.25, 0.3) is 0 Å². The van der Waals surface area contributed by atoms with Crippen molar-refractivity contribution in [3.05, 3.63) is 0 Å². The number of hydrogen-bond acceptors (Lipinski definition) is 3. The van der Waals surface area contributed by atoms with E-state index in [-0.39, 0.29) is 57.9 Å². The second kappa shape index (κ2) is 7.20. The molecule has 1 atom stereocenters. The molecular weight excluding hydrogens is 177 g/mol. The first-order chi connectivity index (χ1) is 4.54. The van der Waals surface area contributed by atoms with Crippen LogP contribution in [0.15, 0.2) is 0 Å². The van der Waals surface area contributed by atoms with Gasteiger partial charge in [-0.15, -0.1) is 0 Å². The molecule has 11 heavy (non-hydrogen) atoms. The molecule has 0 saturated carbocycles. The summed E-state index contributed by atoms with van der Waals surface area (Å²) in [7, 11) is 0.